The van der Waals surface area contributed by atoms with Gasteiger partial charge in [0.1, 0.15) is 0 Å². The number of nitrogens with one attached hydrogen (secondary N) is 1. The monoisotopic (exact) mass is 310 g/mol. The first-order chi connectivity index (χ1) is 8.16. The fraction of sp³-hybridized carbons (Fsp3) is 0.154. The second kappa shape index (κ2) is 5.52. The minimum absolute atomic E-state index is 0.169. The van der Waals surface area contributed by atoms with Crippen LogP contribution in [0.2, 0.25) is 5.02 Å². The highest BCUT2D eigenvalue weighted by atomic mass is 79.9. The summed E-state index contributed by atoms with van der Waals surface area (Å²) in [5, 5.41) is 4.06. The molecule has 2 aromatic rings. The van der Waals surface area contributed by atoms with Crippen molar-refractivity contribution in [2.45, 2.75) is 13.0 Å². The standard InChI is InChI=1S/C13H12BrClN2/c1-9(10-3-2-6-16-8-10)17-13-5-4-11(14)7-12(13)15/h2-9,17H,1H3. The van der Waals surface area contributed by atoms with E-state index in [0.29, 0.717) is 5.02 Å². The highest BCUT2D eigenvalue weighted by molar-refractivity contribution is 9.10. The minimum Gasteiger partial charge on any atom is -0.377 e. The zero-order chi connectivity index (χ0) is 12.3. The molecule has 17 heavy (non-hydrogen) atoms. The highest BCUT2D eigenvalue weighted by Gasteiger charge is 2.07. The Balaban J connectivity index is 2.16. The van der Waals surface area contributed by atoms with Crippen LogP contribution >= 0.6 is 27.5 Å². The fourth-order valence-corrected chi connectivity index (χ4v) is 2.28. The molecule has 0 saturated carbocycles. The second-order valence-electron chi connectivity index (χ2n) is 3.78. The molecule has 4 heteroatoms. The van der Waals surface area contributed by atoms with Crippen molar-refractivity contribution < 1.29 is 0 Å². The van der Waals surface area contributed by atoms with Crippen LogP contribution in [0.5, 0.6) is 0 Å². The first-order valence-electron chi connectivity index (χ1n) is 5.28. The molecule has 0 aliphatic heterocycles. The fourth-order valence-electron chi connectivity index (χ4n) is 1.56. The van der Waals surface area contributed by atoms with Crippen LogP contribution in [0.1, 0.15) is 18.5 Å². The SMILES string of the molecule is CC(Nc1ccc(Br)cc1Cl)c1cccnc1. The predicted molar refractivity (Wildman–Crippen MR) is 75.4 cm³/mol. The van der Waals surface area contributed by atoms with E-state index in [0.717, 1.165) is 15.7 Å². The predicted octanol–water partition coefficient (Wildman–Crippen LogP) is 4.67. The zero-order valence-electron chi connectivity index (χ0n) is 9.32. The lowest BCUT2D eigenvalue weighted by atomic mass is 10.1. The Kier molecular flexibility index (Phi) is 4.02. The van der Waals surface area contributed by atoms with Crippen molar-refractivity contribution in [3.8, 4) is 0 Å². The lowest BCUT2D eigenvalue weighted by Gasteiger charge is -2.16. The Morgan fingerprint density at radius 1 is 1.35 bits per heavy atom. The van der Waals surface area contributed by atoms with Gasteiger partial charge in [-0.15, -0.1) is 0 Å². The average molecular weight is 312 g/mol. The summed E-state index contributed by atoms with van der Waals surface area (Å²) in [7, 11) is 0. The molecular weight excluding hydrogens is 300 g/mol. The molecule has 0 aliphatic rings. The summed E-state index contributed by atoms with van der Waals surface area (Å²) in [5.74, 6) is 0. The van der Waals surface area contributed by atoms with Crippen molar-refractivity contribution in [3.63, 3.8) is 0 Å². The number of aromatic nitrogens is 1. The van der Waals surface area contributed by atoms with Gasteiger partial charge in [0.2, 0.25) is 0 Å². The second-order valence-corrected chi connectivity index (χ2v) is 5.10. The first-order valence-corrected chi connectivity index (χ1v) is 6.45. The molecule has 0 fully saturated rings. The number of pyridine rings is 1. The number of nitrogens with zero attached hydrogens (tertiary/aromatic N) is 1. The molecule has 2 rings (SSSR count). The third kappa shape index (κ3) is 3.20. The molecule has 1 heterocycles. The van der Waals surface area contributed by atoms with Crippen molar-refractivity contribution >= 4 is 33.2 Å². The summed E-state index contributed by atoms with van der Waals surface area (Å²) in [6.45, 7) is 2.08. The Labute approximate surface area is 114 Å². The quantitative estimate of drug-likeness (QED) is 0.891. The van der Waals surface area contributed by atoms with Gasteiger partial charge in [-0.2, -0.15) is 0 Å². The summed E-state index contributed by atoms with van der Waals surface area (Å²) in [6, 6.07) is 9.93. The van der Waals surface area contributed by atoms with E-state index in [9.17, 15) is 0 Å². The highest BCUT2D eigenvalue weighted by Crippen LogP contribution is 2.28. The summed E-state index contributed by atoms with van der Waals surface area (Å²) < 4.78 is 0.974. The van der Waals surface area contributed by atoms with Gasteiger partial charge in [0.15, 0.2) is 0 Å². The Hall–Kier alpha value is -1.06. The third-order valence-electron chi connectivity index (χ3n) is 2.49. The summed E-state index contributed by atoms with van der Waals surface area (Å²) in [5.41, 5.74) is 2.05. The maximum absolute atomic E-state index is 6.15. The topological polar surface area (TPSA) is 24.9 Å². The van der Waals surface area contributed by atoms with E-state index in [1.54, 1.807) is 6.20 Å². The number of benzene rings is 1. The third-order valence-corrected chi connectivity index (χ3v) is 3.29. The number of anilines is 1. The van der Waals surface area contributed by atoms with Gasteiger partial charge in [0.25, 0.3) is 0 Å². The van der Waals surface area contributed by atoms with Crippen molar-refractivity contribution in [2.75, 3.05) is 5.32 Å². The van der Waals surface area contributed by atoms with Gasteiger partial charge in [0.05, 0.1) is 16.8 Å². The molecular formula is C13H12BrClN2. The molecule has 0 radical (unpaired) electrons. The van der Waals surface area contributed by atoms with Gasteiger partial charge in [0, 0.05) is 16.9 Å². The van der Waals surface area contributed by atoms with E-state index in [1.807, 2.05) is 36.5 Å². The summed E-state index contributed by atoms with van der Waals surface area (Å²) >= 11 is 9.54. The van der Waals surface area contributed by atoms with E-state index < -0.39 is 0 Å². The van der Waals surface area contributed by atoms with Gasteiger partial charge in [-0.1, -0.05) is 33.6 Å². The molecule has 0 aliphatic carbocycles. The molecule has 0 amide bonds. The molecule has 0 saturated heterocycles. The molecule has 88 valence electrons. The largest absolute Gasteiger partial charge is 0.377 e. The van der Waals surface area contributed by atoms with Gasteiger partial charge in [-0.3, -0.25) is 4.98 Å². The van der Waals surface area contributed by atoms with E-state index in [4.69, 9.17) is 11.6 Å². The van der Waals surface area contributed by atoms with Crippen LogP contribution in [0.3, 0.4) is 0 Å². The number of halogens is 2. The maximum atomic E-state index is 6.15. The Morgan fingerprint density at radius 3 is 2.82 bits per heavy atom. The molecule has 2 nitrogen and oxygen atoms in total. The number of hydrogen-bond acceptors (Lipinski definition) is 2. The average Bonchev–Trinajstić information content (AvgIpc) is 2.34. The first kappa shape index (κ1) is 12.4. The van der Waals surface area contributed by atoms with Gasteiger partial charge in [-0.25, -0.2) is 0 Å². The van der Waals surface area contributed by atoms with Crippen LogP contribution < -0.4 is 5.32 Å². The van der Waals surface area contributed by atoms with E-state index in [2.05, 4.69) is 33.2 Å². The molecule has 1 unspecified atom stereocenters. The van der Waals surface area contributed by atoms with E-state index in [-0.39, 0.29) is 6.04 Å². The molecule has 0 bridgehead atoms. The summed E-state index contributed by atoms with van der Waals surface area (Å²) in [4.78, 5) is 4.10. The van der Waals surface area contributed by atoms with Gasteiger partial charge < -0.3 is 5.32 Å². The van der Waals surface area contributed by atoms with Crippen LogP contribution in [0.25, 0.3) is 0 Å². The lowest BCUT2D eigenvalue weighted by molar-refractivity contribution is 0.876. The number of hydrogen-bond donors (Lipinski definition) is 1. The van der Waals surface area contributed by atoms with Gasteiger partial charge in [-0.05, 0) is 36.8 Å². The number of rotatable bonds is 3. The molecule has 1 N–H and O–H groups in total. The van der Waals surface area contributed by atoms with Crippen molar-refractivity contribution in [1.29, 1.82) is 0 Å². The van der Waals surface area contributed by atoms with Crippen molar-refractivity contribution in [3.05, 3.63) is 57.8 Å². The normalized spacial score (nSPS) is 12.2. The summed E-state index contributed by atoms with van der Waals surface area (Å²) in [6.07, 6.45) is 3.62. The van der Waals surface area contributed by atoms with E-state index in [1.165, 1.54) is 0 Å². The van der Waals surface area contributed by atoms with E-state index >= 15 is 0 Å². The van der Waals surface area contributed by atoms with Crippen LogP contribution in [0.15, 0.2) is 47.2 Å². The molecule has 0 spiro atoms. The van der Waals surface area contributed by atoms with Crippen LogP contribution in [-0.4, -0.2) is 4.98 Å². The molecule has 1 aromatic carbocycles. The van der Waals surface area contributed by atoms with Crippen molar-refractivity contribution in [2.24, 2.45) is 0 Å². The lowest BCUT2D eigenvalue weighted by Crippen LogP contribution is -2.07. The smallest absolute Gasteiger partial charge is 0.0648 e. The Bertz CT molecular complexity index is 502. The molecule has 1 aromatic heterocycles. The van der Waals surface area contributed by atoms with Crippen LogP contribution in [0, 0.1) is 0 Å². The Morgan fingerprint density at radius 2 is 2.18 bits per heavy atom. The maximum Gasteiger partial charge on any atom is 0.0648 e. The molecule has 1 atom stereocenters. The van der Waals surface area contributed by atoms with Crippen LogP contribution in [-0.2, 0) is 0 Å². The van der Waals surface area contributed by atoms with Gasteiger partial charge >= 0.3 is 0 Å². The zero-order valence-corrected chi connectivity index (χ0v) is 11.7. The minimum atomic E-state index is 0.169. The van der Waals surface area contributed by atoms with Crippen LogP contribution in [0.4, 0.5) is 5.69 Å². The van der Waals surface area contributed by atoms with Crippen molar-refractivity contribution in [1.82, 2.24) is 4.98 Å².